The average Bonchev–Trinajstić information content (AvgIpc) is 3.30. The molecule has 29 heavy (non-hydrogen) atoms. The lowest BCUT2D eigenvalue weighted by Crippen LogP contribution is -2.19. The molecule has 2 aliphatic rings. The number of nitrogens with two attached hydrogens (primary N) is 1. The van der Waals surface area contributed by atoms with Crippen molar-refractivity contribution < 1.29 is 9.00 Å². The van der Waals surface area contributed by atoms with Gasteiger partial charge in [0, 0.05) is 17.9 Å². The molecule has 1 heterocycles. The molecule has 4 rings (SSSR count). The number of urea groups is 1. The second kappa shape index (κ2) is 7.85. The van der Waals surface area contributed by atoms with Crippen LogP contribution in [0.25, 0.3) is 0 Å². The molecule has 3 N–H and O–H groups in total. The molecule has 1 unspecified atom stereocenters. The molecule has 154 valence electrons. The molecule has 1 atom stereocenters. The lowest BCUT2D eigenvalue weighted by Gasteiger charge is -2.14. The summed E-state index contributed by atoms with van der Waals surface area (Å²) < 4.78 is 16.8. The van der Waals surface area contributed by atoms with E-state index < -0.39 is 15.9 Å². The highest BCUT2D eigenvalue weighted by molar-refractivity contribution is 7.91. The third-order valence-electron chi connectivity index (χ3n) is 5.46. The van der Waals surface area contributed by atoms with Crippen molar-refractivity contribution in [2.24, 2.45) is 9.50 Å². The zero-order valence-electron chi connectivity index (χ0n) is 16.9. The van der Waals surface area contributed by atoms with Crippen LogP contribution in [0.5, 0.6) is 0 Å². The van der Waals surface area contributed by atoms with Gasteiger partial charge in [0.25, 0.3) is 0 Å². The van der Waals surface area contributed by atoms with Crippen LogP contribution in [0.4, 0.5) is 10.5 Å². The number of nitrogens with zero attached hydrogens (tertiary/aromatic N) is 3. The van der Waals surface area contributed by atoms with E-state index in [2.05, 4.69) is 9.68 Å². The van der Waals surface area contributed by atoms with Crippen molar-refractivity contribution in [2.75, 3.05) is 19.4 Å². The number of carbonyl (C=O) groups is 1. The van der Waals surface area contributed by atoms with Gasteiger partial charge in [-0.3, -0.25) is 4.98 Å². The Hall–Kier alpha value is -2.29. The first-order valence-corrected chi connectivity index (χ1v) is 11.5. The highest BCUT2D eigenvalue weighted by Crippen LogP contribution is 2.36. The number of carbonyl (C=O) groups excluding carboxylic acids is 1. The minimum absolute atomic E-state index is 0.348. The topological polar surface area (TPSA) is 101 Å². The van der Waals surface area contributed by atoms with Crippen LogP contribution in [0, 0.1) is 0 Å². The summed E-state index contributed by atoms with van der Waals surface area (Å²) in [5.74, 6) is 0. The van der Waals surface area contributed by atoms with Crippen LogP contribution in [-0.4, -0.2) is 34.2 Å². The second-order valence-corrected chi connectivity index (χ2v) is 9.81. The number of aryl methyl sites for hydroxylation is 2. The van der Waals surface area contributed by atoms with Gasteiger partial charge in [-0.1, -0.05) is 12.1 Å². The van der Waals surface area contributed by atoms with Crippen molar-refractivity contribution in [3.63, 3.8) is 0 Å². The standard InChI is InChI=1S/C21H27N5O2S/c1-26(2)13-14-9-11-15(12-10-14)29(22,28)25-21(27)24-20-16-5-3-7-18(16)23-19-8-4-6-17(19)20/h9-12H,3-8,13H2,1-2H3,(H3,22,23,24,25,27,28). The molecule has 1 aromatic heterocycles. The fraction of sp³-hybridized carbons (Fsp3) is 0.429. The summed E-state index contributed by atoms with van der Waals surface area (Å²) in [6, 6.07) is 6.42. The summed E-state index contributed by atoms with van der Waals surface area (Å²) in [5.41, 5.74) is 6.25. The van der Waals surface area contributed by atoms with Gasteiger partial charge in [0.15, 0.2) is 0 Å². The fourth-order valence-corrected chi connectivity index (χ4v) is 5.12. The summed E-state index contributed by atoms with van der Waals surface area (Å²) in [5, 5.41) is 8.84. The highest BCUT2D eigenvalue weighted by Gasteiger charge is 2.26. The van der Waals surface area contributed by atoms with Gasteiger partial charge in [-0.2, -0.15) is 0 Å². The number of pyridine rings is 1. The molecule has 2 amide bonds. The summed E-state index contributed by atoms with van der Waals surface area (Å²) >= 11 is 0. The maximum Gasteiger partial charge on any atom is 0.354 e. The number of amides is 2. The Labute approximate surface area is 172 Å². The number of hydrogen-bond donors (Lipinski definition) is 2. The van der Waals surface area contributed by atoms with Crippen molar-refractivity contribution in [1.29, 1.82) is 0 Å². The fourth-order valence-electron chi connectivity index (χ4n) is 4.20. The molecule has 0 fully saturated rings. The van der Waals surface area contributed by atoms with Crippen LogP contribution in [0.15, 0.2) is 33.5 Å². The first-order valence-electron chi connectivity index (χ1n) is 9.96. The van der Waals surface area contributed by atoms with E-state index in [-0.39, 0.29) is 0 Å². The van der Waals surface area contributed by atoms with Crippen molar-refractivity contribution >= 4 is 21.6 Å². The molecule has 0 saturated heterocycles. The quantitative estimate of drug-likeness (QED) is 0.804. The predicted octanol–water partition coefficient (Wildman–Crippen LogP) is 3.05. The van der Waals surface area contributed by atoms with Crippen molar-refractivity contribution in [3.8, 4) is 0 Å². The Morgan fingerprint density at radius 2 is 1.69 bits per heavy atom. The van der Waals surface area contributed by atoms with Crippen LogP contribution >= 0.6 is 0 Å². The number of aromatic nitrogens is 1. The normalized spacial score (nSPS) is 17.0. The predicted molar refractivity (Wildman–Crippen MR) is 114 cm³/mol. The van der Waals surface area contributed by atoms with Crippen LogP contribution in [0.2, 0.25) is 0 Å². The van der Waals surface area contributed by atoms with E-state index in [1.54, 1.807) is 12.1 Å². The average molecular weight is 414 g/mol. The summed E-state index contributed by atoms with van der Waals surface area (Å²) in [7, 11) is 0.638. The molecule has 0 bridgehead atoms. The van der Waals surface area contributed by atoms with Gasteiger partial charge in [-0.15, -0.1) is 4.36 Å². The molecular formula is C21H27N5O2S. The molecule has 2 aliphatic carbocycles. The van der Waals surface area contributed by atoms with Crippen LogP contribution in [0.3, 0.4) is 0 Å². The summed E-state index contributed by atoms with van der Waals surface area (Å²) in [6.45, 7) is 0.766. The Bertz CT molecular complexity index is 1040. The van der Waals surface area contributed by atoms with E-state index in [0.717, 1.165) is 78.8 Å². The second-order valence-electron chi connectivity index (χ2n) is 8.02. The Morgan fingerprint density at radius 1 is 1.10 bits per heavy atom. The third-order valence-corrected chi connectivity index (χ3v) is 6.85. The van der Waals surface area contributed by atoms with Crippen molar-refractivity contribution in [1.82, 2.24) is 9.88 Å². The van der Waals surface area contributed by atoms with Crippen molar-refractivity contribution in [3.05, 3.63) is 52.3 Å². The molecule has 1 aromatic carbocycles. The van der Waals surface area contributed by atoms with Crippen molar-refractivity contribution in [2.45, 2.75) is 50.0 Å². The van der Waals surface area contributed by atoms with Gasteiger partial charge in [0.1, 0.15) is 9.92 Å². The molecule has 0 spiro atoms. The zero-order valence-corrected chi connectivity index (χ0v) is 17.7. The maximum absolute atomic E-state index is 12.9. The minimum atomic E-state index is -3.32. The number of fused-ring (bicyclic) bond motifs is 2. The molecule has 0 radical (unpaired) electrons. The van der Waals surface area contributed by atoms with E-state index in [0.29, 0.717) is 4.90 Å². The number of nitrogens with one attached hydrogen (secondary N) is 1. The van der Waals surface area contributed by atoms with Crippen LogP contribution in [-0.2, 0) is 42.1 Å². The van der Waals surface area contributed by atoms with E-state index in [1.165, 1.54) is 0 Å². The smallest absolute Gasteiger partial charge is 0.305 e. The molecule has 8 heteroatoms. The van der Waals surface area contributed by atoms with E-state index in [4.69, 9.17) is 10.1 Å². The number of hydrogen-bond acceptors (Lipinski definition) is 4. The zero-order chi connectivity index (χ0) is 20.6. The molecule has 7 nitrogen and oxygen atoms in total. The van der Waals surface area contributed by atoms with Gasteiger partial charge in [0.05, 0.1) is 10.6 Å². The Morgan fingerprint density at radius 3 is 2.24 bits per heavy atom. The number of anilines is 1. The molecule has 0 aliphatic heterocycles. The van der Waals surface area contributed by atoms with Crippen LogP contribution < -0.4 is 10.5 Å². The Balaban J connectivity index is 1.59. The van der Waals surface area contributed by atoms with Gasteiger partial charge in [-0.05, 0) is 81.4 Å². The molecule has 0 saturated carbocycles. The lowest BCUT2D eigenvalue weighted by atomic mass is 10.1. The Kier molecular flexibility index (Phi) is 5.42. The SMILES string of the molecule is CN(C)Cc1ccc(S(N)(=O)=NC(=O)Nc2c3c(nc4c2CCC4)CCC3)cc1. The third kappa shape index (κ3) is 4.19. The maximum atomic E-state index is 12.9. The number of benzene rings is 1. The first kappa shape index (κ1) is 20.0. The van der Waals surface area contributed by atoms with Gasteiger partial charge in [-0.25, -0.2) is 14.1 Å². The molecule has 2 aromatic rings. The van der Waals surface area contributed by atoms with E-state index in [1.807, 2.05) is 31.1 Å². The van der Waals surface area contributed by atoms with Crippen LogP contribution in [0.1, 0.15) is 40.9 Å². The van der Waals surface area contributed by atoms with E-state index >= 15 is 0 Å². The van der Waals surface area contributed by atoms with Gasteiger partial charge in [0.2, 0.25) is 0 Å². The highest BCUT2D eigenvalue weighted by atomic mass is 32.2. The summed E-state index contributed by atoms with van der Waals surface area (Å²) in [6.07, 6.45) is 5.76. The first-order chi connectivity index (χ1) is 13.8. The number of rotatable bonds is 4. The minimum Gasteiger partial charge on any atom is -0.305 e. The molecular weight excluding hydrogens is 386 g/mol. The van der Waals surface area contributed by atoms with Gasteiger partial charge >= 0.3 is 6.03 Å². The van der Waals surface area contributed by atoms with Gasteiger partial charge < -0.3 is 10.2 Å². The van der Waals surface area contributed by atoms with E-state index in [9.17, 15) is 9.00 Å². The monoisotopic (exact) mass is 413 g/mol. The largest absolute Gasteiger partial charge is 0.354 e. The summed E-state index contributed by atoms with van der Waals surface area (Å²) in [4.78, 5) is 19.8. The lowest BCUT2D eigenvalue weighted by molar-refractivity contribution is 0.260.